The van der Waals surface area contributed by atoms with Crippen molar-refractivity contribution in [1.29, 1.82) is 0 Å². The van der Waals surface area contributed by atoms with Crippen molar-refractivity contribution in [2.45, 2.75) is 43.7 Å². The van der Waals surface area contributed by atoms with Crippen LogP contribution in [0.4, 0.5) is 39.5 Å². The Hall–Kier alpha value is -3.97. The normalized spacial score (nSPS) is 15.3. The van der Waals surface area contributed by atoms with Crippen LogP contribution >= 0.6 is 10.3 Å². The van der Waals surface area contributed by atoms with Crippen LogP contribution in [0.1, 0.15) is 11.1 Å². The van der Waals surface area contributed by atoms with E-state index in [-0.39, 0.29) is 20.2 Å². The molecule has 272 valence electrons. The SMILES string of the molecule is COc1ccc(C(OC)(OC)c2ccc(S(OS(=O)(=O)C(F)(F)C(F)(F)C(F)(F)C(F)(F)F)(c3ccccc3)c3ccc(O)cc3)cc2)cc1. The van der Waals surface area contributed by atoms with Gasteiger partial charge in [0.05, 0.1) is 7.11 Å². The zero-order valence-corrected chi connectivity index (χ0v) is 27.6. The fourth-order valence-electron chi connectivity index (χ4n) is 4.87. The summed E-state index contributed by atoms with van der Waals surface area (Å²) < 4.78 is 174. The van der Waals surface area contributed by atoms with E-state index in [1.807, 2.05) is 0 Å². The molecule has 0 aliphatic rings. The van der Waals surface area contributed by atoms with Crippen molar-refractivity contribution in [3.8, 4) is 11.5 Å². The highest BCUT2D eigenvalue weighted by Crippen LogP contribution is 2.71. The predicted octanol–water partition coefficient (Wildman–Crippen LogP) is 8.86. The summed E-state index contributed by atoms with van der Waals surface area (Å²) in [4.78, 5) is -1.03. The Morgan fingerprint density at radius 3 is 1.40 bits per heavy atom. The summed E-state index contributed by atoms with van der Waals surface area (Å²) in [5, 5.41) is 2.77. The lowest BCUT2D eigenvalue weighted by atomic mass is 9.97. The number of aromatic hydroxyl groups is 1. The molecule has 0 saturated carbocycles. The summed E-state index contributed by atoms with van der Waals surface area (Å²) >= 11 is 0. The van der Waals surface area contributed by atoms with Gasteiger partial charge >= 0.3 is 33.4 Å². The highest BCUT2D eigenvalue weighted by molar-refractivity contribution is 8.33. The molecule has 0 bridgehead atoms. The summed E-state index contributed by atoms with van der Waals surface area (Å²) in [6.45, 7) is 0. The minimum atomic E-state index is -7.55. The fourth-order valence-corrected chi connectivity index (χ4v) is 10.1. The number of methoxy groups -OCH3 is 3. The molecule has 4 rings (SSSR count). The van der Waals surface area contributed by atoms with Crippen molar-refractivity contribution in [2.75, 3.05) is 21.3 Å². The molecule has 1 unspecified atom stereocenters. The first-order valence-corrected chi connectivity index (χ1v) is 16.8. The Morgan fingerprint density at radius 2 is 0.980 bits per heavy atom. The smallest absolute Gasteiger partial charge is 0.460 e. The molecular formula is C32H27F9O7S2. The van der Waals surface area contributed by atoms with E-state index in [1.54, 1.807) is 24.3 Å². The summed E-state index contributed by atoms with van der Waals surface area (Å²) in [5.41, 5.74) is 0.607. The zero-order valence-electron chi connectivity index (χ0n) is 25.9. The van der Waals surface area contributed by atoms with Gasteiger partial charge in [-0.1, -0.05) is 30.3 Å². The van der Waals surface area contributed by atoms with Crippen LogP contribution in [-0.4, -0.2) is 58.1 Å². The number of hydrogen-bond donors (Lipinski definition) is 1. The van der Waals surface area contributed by atoms with Crippen molar-refractivity contribution in [1.82, 2.24) is 0 Å². The van der Waals surface area contributed by atoms with Gasteiger partial charge in [-0.2, -0.15) is 47.9 Å². The molecule has 50 heavy (non-hydrogen) atoms. The van der Waals surface area contributed by atoms with E-state index in [0.29, 0.717) is 11.3 Å². The Morgan fingerprint density at radius 1 is 0.560 bits per heavy atom. The molecule has 0 aromatic heterocycles. The molecule has 4 aromatic rings. The van der Waals surface area contributed by atoms with Gasteiger partial charge in [0.25, 0.3) is 0 Å². The van der Waals surface area contributed by atoms with Crippen LogP contribution in [0.15, 0.2) is 118 Å². The van der Waals surface area contributed by atoms with E-state index in [1.165, 1.54) is 51.7 Å². The van der Waals surface area contributed by atoms with Crippen molar-refractivity contribution in [2.24, 2.45) is 0 Å². The van der Waals surface area contributed by atoms with Gasteiger partial charge in [0, 0.05) is 40.0 Å². The monoisotopic (exact) mass is 758 g/mol. The van der Waals surface area contributed by atoms with Gasteiger partial charge in [-0.25, -0.2) is 3.63 Å². The number of phenolic OH excluding ortho intramolecular Hbond substituents is 1. The zero-order chi connectivity index (χ0) is 37.4. The summed E-state index contributed by atoms with van der Waals surface area (Å²) in [7, 11) is -7.74. The molecule has 0 aliphatic heterocycles. The van der Waals surface area contributed by atoms with Gasteiger partial charge in [-0.15, -0.1) is 0 Å². The van der Waals surface area contributed by atoms with Crippen LogP contribution in [0, 0.1) is 0 Å². The highest BCUT2D eigenvalue weighted by Gasteiger charge is 2.86. The molecule has 0 heterocycles. The number of alkyl halides is 9. The number of phenols is 1. The quantitative estimate of drug-likeness (QED) is 0.108. The maximum absolute atomic E-state index is 15.2. The Balaban J connectivity index is 2.01. The second-order valence-corrected chi connectivity index (χ2v) is 14.8. The van der Waals surface area contributed by atoms with Crippen LogP contribution in [-0.2, 0) is 29.0 Å². The third kappa shape index (κ3) is 6.27. The van der Waals surface area contributed by atoms with Crippen LogP contribution in [0.25, 0.3) is 0 Å². The summed E-state index contributed by atoms with van der Waals surface area (Å²) in [5.74, 6) is -16.7. The Kier molecular flexibility index (Phi) is 10.6. The van der Waals surface area contributed by atoms with E-state index >= 15 is 8.78 Å². The van der Waals surface area contributed by atoms with Crippen LogP contribution in [0.3, 0.4) is 0 Å². The standard InChI is InChI=1S/C32H27F9O7S2/c1-45-24-15-9-21(10-16-24)28(46-2,47-3)22-11-17-26(18-12-22)49(25-7-5-4-6-8-25,27-19-13-23(42)14-20-27)48-50(43,44)32(40,41)30(35,36)29(33,34)31(37,38)39/h4-20,42H,1-3H3. The molecule has 1 N–H and O–H groups in total. The van der Waals surface area contributed by atoms with Gasteiger partial charge in [-0.3, -0.25) is 0 Å². The number of ether oxygens (including phenoxy) is 3. The third-order valence-corrected chi connectivity index (χ3v) is 12.7. The Bertz CT molecular complexity index is 1870. The van der Waals surface area contributed by atoms with Crippen LogP contribution in [0.5, 0.6) is 11.5 Å². The lowest BCUT2D eigenvalue weighted by Gasteiger charge is -2.41. The molecule has 18 heteroatoms. The van der Waals surface area contributed by atoms with E-state index in [9.17, 15) is 44.3 Å². The molecule has 4 aromatic carbocycles. The first kappa shape index (κ1) is 38.8. The maximum Gasteiger partial charge on any atom is 0.460 e. The first-order valence-electron chi connectivity index (χ1n) is 13.9. The number of benzene rings is 4. The largest absolute Gasteiger partial charge is 0.508 e. The number of halogens is 9. The highest BCUT2D eigenvalue weighted by atomic mass is 32.3. The third-order valence-electron chi connectivity index (χ3n) is 7.48. The van der Waals surface area contributed by atoms with Crippen molar-refractivity contribution in [3.63, 3.8) is 0 Å². The van der Waals surface area contributed by atoms with Crippen molar-refractivity contribution >= 4 is 20.4 Å². The van der Waals surface area contributed by atoms with Gasteiger partial charge in [0.2, 0.25) is 5.79 Å². The minimum Gasteiger partial charge on any atom is -0.508 e. The number of rotatable bonds is 13. The van der Waals surface area contributed by atoms with Gasteiger partial charge in [-0.05, 0) is 83.1 Å². The van der Waals surface area contributed by atoms with Crippen LogP contribution in [0.2, 0.25) is 0 Å². The fraction of sp³-hybridized carbons (Fsp3) is 0.250. The number of hydrogen-bond acceptors (Lipinski definition) is 7. The van der Waals surface area contributed by atoms with E-state index < -0.39 is 55.2 Å². The first-order chi connectivity index (χ1) is 23.2. The molecule has 7 nitrogen and oxygen atoms in total. The molecule has 0 amide bonds. The summed E-state index contributed by atoms with van der Waals surface area (Å²) in [6.07, 6.45) is -7.29. The minimum absolute atomic E-state index is 0.202. The lowest BCUT2D eigenvalue weighted by Crippen LogP contribution is -2.63. The lowest BCUT2D eigenvalue weighted by molar-refractivity contribution is -0.382. The van der Waals surface area contributed by atoms with E-state index in [0.717, 1.165) is 48.5 Å². The average Bonchev–Trinajstić information content (AvgIpc) is 3.08. The maximum atomic E-state index is 15.2. The average molecular weight is 759 g/mol. The molecule has 0 fully saturated rings. The molecule has 0 aliphatic carbocycles. The van der Waals surface area contributed by atoms with Crippen molar-refractivity contribution < 1.29 is 70.9 Å². The second kappa shape index (κ2) is 13.6. The molecular weight excluding hydrogens is 731 g/mol. The van der Waals surface area contributed by atoms with Gasteiger partial charge in [0.1, 0.15) is 11.5 Å². The topological polar surface area (TPSA) is 91.3 Å². The molecule has 0 spiro atoms. The Labute approximate surface area is 281 Å². The molecule has 0 radical (unpaired) electrons. The van der Waals surface area contributed by atoms with Crippen LogP contribution < -0.4 is 4.74 Å². The molecule has 0 saturated heterocycles. The molecule has 1 atom stereocenters. The van der Waals surface area contributed by atoms with Crippen molar-refractivity contribution in [3.05, 3.63) is 114 Å². The summed E-state index contributed by atoms with van der Waals surface area (Å²) in [6, 6.07) is 21.2. The van der Waals surface area contributed by atoms with Gasteiger partial charge < -0.3 is 19.3 Å². The van der Waals surface area contributed by atoms with E-state index in [2.05, 4.69) is 0 Å². The predicted molar refractivity (Wildman–Crippen MR) is 162 cm³/mol. The second-order valence-electron chi connectivity index (χ2n) is 10.3. The van der Waals surface area contributed by atoms with E-state index in [4.69, 9.17) is 17.8 Å². The van der Waals surface area contributed by atoms with Gasteiger partial charge in [0.15, 0.2) is 0 Å².